The molecule has 2 aromatic rings. The molecule has 0 bridgehead atoms. The van der Waals surface area contributed by atoms with E-state index in [2.05, 4.69) is 27.3 Å². The van der Waals surface area contributed by atoms with Gasteiger partial charge < -0.3 is 5.32 Å². The predicted octanol–water partition coefficient (Wildman–Crippen LogP) is 1.27. The fraction of sp³-hybridized carbons (Fsp3) is 0.571. The van der Waals surface area contributed by atoms with Gasteiger partial charge in [-0.1, -0.05) is 0 Å². The molecule has 112 valence electrons. The minimum absolute atomic E-state index is 0.000956. The Kier molecular flexibility index (Phi) is 4.01. The minimum atomic E-state index is -0.000956. The van der Waals surface area contributed by atoms with Gasteiger partial charge in [0.15, 0.2) is 0 Å². The summed E-state index contributed by atoms with van der Waals surface area (Å²) in [6, 6.07) is 0. The summed E-state index contributed by atoms with van der Waals surface area (Å²) in [5.74, 6) is 1.09. The molecule has 2 aromatic heterocycles. The molecular formula is C14H19N5OS. The van der Waals surface area contributed by atoms with Crippen LogP contribution in [0.4, 0.5) is 0 Å². The van der Waals surface area contributed by atoms with Gasteiger partial charge in [-0.05, 0) is 20.3 Å². The smallest absolute Gasteiger partial charge is 0.225 e. The zero-order valence-electron chi connectivity index (χ0n) is 12.3. The largest absolute Gasteiger partial charge is 0.355 e. The van der Waals surface area contributed by atoms with Gasteiger partial charge >= 0.3 is 0 Å². The van der Waals surface area contributed by atoms with E-state index in [0.29, 0.717) is 13.1 Å². The fourth-order valence-corrected chi connectivity index (χ4v) is 3.47. The first-order valence-corrected chi connectivity index (χ1v) is 8.02. The highest BCUT2D eigenvalue weighted by molar-refractivity contribution is 7.11. The number of hydrogen-bond donors (Lipinski definition) is 1. The third-order valence-electron chi connectivity index (χ3n) is 3.89. The van der Waals surface area contributed by atoms with Crippen molar-refractivity contribution in [2.45, 2.75) is 39.7 Å². The molecule has 3 heterocycles. The van der Waals surface area contributed by atoms with Crippen molar-refractivity contribution in [3.63, 3.8) is 0 Å². The van der Waals surface area contributed by atoms with E-state index in [-0.39, 0.29) is 11.8 Å². The average Bonchev–Trinajstić information content (AvgIpc) is 3.05. The molecule has 0 saturated carbocycles. The van der Waals surface area contributed by atoms with Crippen LogP contribution in [0.3, 0.4) is 0 Å². The molecule has 7 heteroatoms. The number of aromatic nitrogens is 4. The van der Waals surface area contributed by atoms with E-state index in [1.54, 1.807) is 17.7 Å². The van der Waals surface area contributed by atoms with E-state index in [0.717, 1.165) is 35.8 Å². The van der Waals surface area contributed by atoms with Gasteiger partial charge in [0.1, 0.15) is 12.2 Å². The Hall–Kier alpha value is -1.76. The average molecular weight is 305 g/mol. The van der Waals surface area contributed by atoms with Gasteiger partial charge in [0.25, 0.3) is 0 Å². The fourth-order valence-electron chi connectivity index (χ4n) is 2.53. The molecule has 0 aliphatic carbocycles. The van der Waals surface area contributed by atoms with Crippen molar-refractivity contribution in [1.82, 2.24) is 25.1 Å². The second-order valence-corrected chi connectivity index (χ2v) is 6.67. The summed E-state index contributed by atoms with van der Waals surface area (Å²) in [4.78, 5) is 22.1. The van der Waals surface area contributed by atoms with Crippen LogP contribution in [0.25, 0.3) is 0 Å². The van der Waals surface area contributed by atoms with Crippen LogP contribution in [0, 0.1) is 19.8 Å². The van der Waals surface area contributed by atoms with E-state index in [4.69, 9.17) is 0 Å². The number of nitrogens with one attached hydrogen (secondary N) is 1. The van der Waals surface area contributed by atoms with E-state index in [1.807, 2.05) is 11.6 Å². The van der Waals surface area contributed by atoms with Crippen LogP contribution in [-0.4, -0.2) is 32.2 Å². The van der Waals surface area contributed by atoms with Crippen molar-refractivity contribution in [3.8, 4) is 0 Å². The van der Waals surface area contributed by atoms with Crippen LogP contribution in [-0.2, 0) is 24.2 Å². The van der Waals surface area contributed by atoms with E-state index < -0.39 is 0 Å². The zero-order valence-corrected chi connectivity index (χ0v) is 13.1. The second kappa shape index (κ2) is 5.93. The molecule has 1 amide bonds. The first-order valence-electron chi connectivity index (χ1n) is 7.21. The molecule has 0 spiro atoms. The lowest BCUT2D eigenvalue weighted by atomic mass is 9.99. The molecule has 0 saturated heterocycles. The molecule has 1 N–H and O–H groups in total. The van der Waals surface area contributed by atoms with Crippen LogP contribution in [0.2, 0.25) is 0 Å². The number of carbonyl (C=O) groups is 1. The molecule has 21 heavy (non-hydrogen) atoms. The molecular weight excluding hydrogens is 286 g/mol. The summed E-state index contributed by atoms with van der Waals surface area (Å²) < 4.78 is 1.83. The van der Waals surface area contributed by atoms with Crippen molar-refractivity contribution in [2.75, 3.05) is 6.54 Å². The van der Waals surface area contributed by atoms with Gasteiger partial charge in [-0.15, -0.1) is 11.3 Å². The predicted molar refractivity (Wildman–Crippen MR) is 80.1 cm³/mol. The van der Waals surface area contributed by atoms with Gasteiger partial charge in [-0.2, -0.15) is 5.10 Å². The monoisotopic (exact) mass is 305 g/mol. The van der Waals surface area contributed by atoms with Gasteiger partial charge in [-0.25, -0.2) is 14.6 Å². The standard InChI is InChI=1S/C14H19N5OS/c1-9-10(2)21-13(18-9)5-6-15-14(20)11-3-4-12-16-8-17-19(12)7-11/h8,11H,3-7H2,1-2H3,(H,15,20). The summed E-state index contributed by atoms with van der Waals surface area (Å²) in [5, 5.41) is 8.26. The molecule has 1 aliphatic heterocycles. The van der Waals surface area contributed by atoms with Crippen LogP contribution < -0.4 is 5.32 Å². The van der Waals surface area contributed by atoms with Crippen molar-refractivity contribution in [1.29, 1.82) is 0 Å². The van der Waals surface area contributed by atoms with Gasteiger partial charge in [-0.3, -0.25) is 4.79 Å². The number of thiazole rings is 1. The second-order valence-electron chi connectivity index (χ2n) is 5.38. The summed E-state index contributed by atoms with van der Waals surface area (Å²) in [7, 11) is 0. The normalized spacial score (nSPS) is 17.5. The number of fused-ring (bicyclic) bond motifs is 1. The molecule has 0 aromatic carbocycles. The Bertz CT molecular complexity index is 628. The molecule has 6 nitrogen and oxygen atoms in total. The highest BCUT2D eigenvalue weighted by Gasteiger charge is 2.25. The first-order chi connectivity index (χ1) is 10.1. The first kappa shape index (κ1) is 14.2. The van der Waals surface area contributed by atoms with E-state index >= 15 is 0 Å². The molecule has 3 rings (SSSR count). The Morgan fingerprint density at radius 3 is 3.14 bits per heavy atom. The highest BCUT2D eigenvalue weighted by atomic mass is 32.1. The highest BCUT2D eigenvalue weighted by Crippen LogP contribution is 2.18. The number of carbonyl (C=O) groups excluding carboxylic acids is 1. The number of amides is 1. The molecule has 0 radical (unpaired) electrons. The third kappa shape index (κ3) is 3.12. The lowest BCUT2D eigenvalue weighted by Crippen LogP contribution is -2.37. The van der Waals surface area contributed by atoms with Gasteiger partial charge in [0, 0.05) is 24.3 Å². The van der Waals surface area contributed by atoms with E-state index in [1.165, 1.54) is 4.88 Å². The number of aryl methyl sites for hydroxylation is 3. The Labute approximate surface area is 127 Å². The third-order valence-corrected chi connectivity index (χ3v) is 5.02. The maximum atomic E-state index is 12.2. The van der Waals surface area contributed by atoms with Crippen molar-refractivity contribution >= 4 is 17.2 Å². The zero-order chi connectivity index (χ0) is 14.8. The summed E-state index contributed by atoms with van der Waals surface area (Å²) >= 11 is 1.71. The van der Waals surface area contributed by atoms with Crippen LogP contribution >= 0.6 is 11.3 Å². The van der Waals surface area contributed by atoms with Crippen molar-refractivity contribution in [2.24, 2.45) is 5.92 Å². The molecule has 1 atom stereocenters. The number of hydrogen-bond acceptors (Lipinski definition) is 5. The summed E-state index contributed by atoms with van der Waals surface area (Å²) in [6.07, 6.45) is 4.03. The quantitative estimate of drug-likeness (QED) is 0.923. The maximum absolute atomic E-state index is 12.2. The molecule has 1 unspecified atom stereocenters. The topological polar surface area (TPSA) is 72.7 Å². The maximum Gasteiger partial charge on any atom is 0.225 e. The van der Waals surface area contributed by atoms with Gasteiger partial charge in [0.2, 0.25) is 5.91 Å². The Balaban J connectivity index is 1.49. The Morgan fingerprint density at radius 2 is 2.38 bits per heavy atom. The summed E-state index contributed by atoms with van der Waals surface area (Å²) in [5.41, 5.74) is 1.09. The van der Waals surface area contributed by atoms with Crippen LogP contribution in [0.1, 0.15) is 27.8 Å². The SMILES string of the molecule is Cc1nc(CCNC(=O)C2CCc3ncnn3C2)sc1C. The van der Waals surface area contributed by atoms with Crippen molar-refractivity contribution in [3.05, 3.63) is 27.7 Å². The summed E-state index contributed by atoms with van der Waals surface area (Å²) in [6.45, 7) is 5.38. The van der Waals surface area contributed by atoms with Crippen LogP contribution in [0.15, 0.2) is 6.33 Å². The lowest BCUT2D eigenvalue weighted by Gasteiger charge is -2.21. The molecule has 0 fully saturated rings. The molecule has 1 aliphatic rings. The van der Waals surface area contributed by atoms with Gasteiger partial charge in [0.05, 0.1) is 23.2 Å². The van der Waals surface area contributed by atoms with Crippen LogP contribution in [0.5, 0.6) is 0 Å². The Morgan fingerprint density at radius 1 is 1.52 bits per heavy atom. The minimum Gasteiger partial charge on any atom is -0.355 e. The number of nitrogens with zero attached hydrogens (tertiary/aromatic N) is 4. The lowest BCUT2D eigenvalue weighted by molar-refractivity contribution is -0.126. The van der Waals surface area contributed by atoms with Crippen molar-refractivity contribution < 1.29 is 4.79 Å². The van der Waals surface area contributed by atoms with E-state index in [9.17, 15) is 4.79 Å². The number of rotatable bonds is 4.